The van der Waals surface area contributed by atoms with Gasteiger partial charge in [0.25, 0.3) is 0 Å². The molecule has 21 heavy (non-hydrogen) atoms. The number of rotatable bonds is 1. The van der Waals surface area contributed by atoms with Crippen molar-refractivity contribution in [2.45, 2.75) is 58.4 Å². The third-order valence-corrected chi connectivity index (χ3v) is 3.92. The van der Waals surface area contributed by atoms with Crippen LogP contribution in [0.15, 0.2) is 12.1 Å². The van der Waals surface area contributed by atoms with Gasteiger partial charge in [0.2, 0.25) is 0 Å². The Morgan fingerprint density at radius 3 is 1.86 bits per heavy atom. The number of nitrogens with one attached hydrogen (secondary N) is 2. The molecule has 0 bridgehead atoms. The van der Waals surface area contributed by atoms with Crippen LogP contribution in [-0.4, -0.2) is 17.7 Å². The minimum absolute atomic E-state index is 0.0414. The topological polar surface area (TPSA) is 61.4 Å². The van der Waals surface area contributed by atoms with Crippen molar-refractivity contribution in [1.82, 2.24) is 10.6 Å². The van der Waals surface area contributed by atoms with Crippen molar-refractivity contribution in [3.8, 4) is 5.75 Å². The fourth-order valence-corrected chi connectivity index (χ4v) is 2.66. The van der Waals surface area contributed by atoms with Gasteiger partial charge >= 0.3 is 6.03 Å². The monoisotopic (exact) mass is 290 g/mol. The first-order chi connectivity index (χ1) is 9.50. The normalized spacial score (nSPS) is 19.3. The molecule has 0 spiro atoms. The lowest BCUT2D eigenvalue weighted by atomic mass is 9.78. The Balaban J connectivity index is 2.59. The maximum Gasteiger partial charge on any atom is 0.315 e. The molecule has 1 aliphatic rings. The van der Waals surface area contributed by atoms with E-state index < -0.39 is 0 Å². The molecule has 2 rings (SSSR count). The molecular formula is C17H26N2O2. The third kappa shape index (κ3) is 3.14. The summed E-state index contributed by atoms with van der Waals surface area (Å²) in [6, 6.07) is 3.85. The summed E-state index contributed by atoms with van der Waals surface area (Å²) in [6.45, 7) is 13.1. The number of urea groups is 1. The fourth-order valence-electron chi connectivity index (χ4n) is 2.66. The first kappa shape index (κ1) is 15.7. The van der Waals surface area contributed by atoms with Crippen molar-refractivity contribution in [3.63, 3.8) is 0 Å². The summed E-state index contributed by atoms with van der Waals surface area (Å²) >= 11 is 0. The maximum atomic E-state index is 11.4. The zero-order chi connectivity index (χ0) is 16.0. The predicted octanol–water partition coefficient (Wildman–Crippen LogP) is 3.34. The lowest BCUT2D eigenvalue weighted by Crippen LogP contribution is -2.23. The van der Waals surface area contributed by atoms with Crippen LogP contribution in [0, 0.1) is 0 Å². The number of amides is 2. The summed E-state index contributed by atoms with van der Waals surface area (Å²) in [7, 11) is 0. The minimum Gasteiger partial charge on any atom is -0.507 e. The molecule has 1 fully saturated rings. The average Bonchev–Trinajstić information content (AvgIpc) is 2.73. The zero-order valence-electron chi connectivity index (χ0n) is 13.8. The van der Waals surface area contributed by atoms with Gasteiger partial charge in [-0.2, -0.15) is 0 Å². The number of aromatic hydroxyl groups is 1. The molecule has 1 aromatic rings. The Bertz CT molecular complexity index is 530. The van der Waals surface area contributed by atoms with Gasteiger partial charge in [-0.05, 0) is 39.7 Å². The fraction of sp³-hybridized carbons (Fsp3) is 0.588. The van der Waals surface area contributed by atoms with Gasteiger partial charge in [-0.3, -0.25) is 0 Å². The summed E-state index contributed by atoms with van der Waals surface area (Å²) in [5, 5.41) is 16.4. The summed E-state index contributed by atoms with van der Waals surface area (Å²) in [6.07, 6.45) is 0. The van der Waals surface area contributed by atoms with Crippen LogP contribution in [0.1, 0.15) is 64.3 Å². The molecule has 1 aromatic carbocycles. The number of hydrogen-bond acceptors (Lipinski definition) is 2. The van der Waals surface area contributed by atoms with Crippen molar-refractivity contribution in [1.29, 1.82) is 0 Å². The SMILES string of the molecule is CC(C)(C)c1cc([C@H]2CNC(=O)N2)cc(C(C)(C)C)c1O. The van der Waals surface area contributed by atoms with Crippen molar-refractivity contribution in [2.75, 3.05) is 6.54 Å². The van der Waals surface area contributed by atoms with Crippen LogP contribution < -0.4 is 10.6 Å². The largest absolute Gasteiger partial charge is 0.507 e. The summed E-state index contributed by atoms with van der Waals surface area (Å²) < 4.78 is 0. The van der Waals surface area contributed by atoms with E-state index in [4.69, 9.17) is 0 Å². The van der Waals surface area contributed by atoms with Crippen molar-refractivity contribution in [2.24, 2.45) is 0 Å². The lowest BCUT2D eigenvalue weighted by molar-refractivity contribution is 0.247. The summed E-state index contributed by atoms with van der Waals surface area (Å²) in [5.41, 5.74) is 2.57. The van der Waals surface area contributed by atoms with E-state index in [-0.39, 0.29) is 22.9 Å². The summed E-state index contributed by atoms with van der Waals surface area (Å²) in [4.78, 5) is 11.4. The van der Waals surface area contributed by atoms with Gasteiger partial charge in [0.1, 0.15) is 5.75 Å². The second-order valence-corrected chi connectivity index (χ2v) is 7.87. The Kier molecular flexibility index (Phi) is 3.68. The van der Waals surface area contributed by atoms with Crippen LogP contribution in [0.5, 0.6) is 5.75 Å². The van der Waals surface area contributed by atoms with Gasteiger partial charge in [0, 0.05) is 6.54 Å². The number of benzene rings is 1. The van der Waals surface area contributed by atoms with E-state index in [1.54, 1.807) is 0 Å². The minimum atomic E-state index is -0.157. The van der Waals surface area contributed by atoms with Crippen molar-refractivity contribution in [3.05, 3.63) is 28.8 Å². The van der Waals surface area contributed by atoms with Crippen LogP contribution >= 0.6 is 0 Å². The van der Waals surface area contributed by atoms with E-state index in [1.807, 2.05) is 12.1 Å². The quantitative estimate of drug-likeness (QED) is 0.743. The number of carbonyl (C=O) groups is 1. The Morgan fingerprint density at radius 2 is 1.52 bits per heavy atom. The first-order valence-electron chi connectivity index (χ1n) is 7.42. The van der Waals surface area contributed by atoms with Crippen molar-refractivity contribution >= 4 is 6.03 Å². The lowest BCUT2D eigenvalue weighted by Gasteiger charge is -2.29. The van der Waals surface area contributed by atoms with Crippen molar-refractivity contribution < 1.29 is 9.90 Å². The molecule has 1 saturated heterocycles. The molecule has 1 heterocycles. The third-order valence-electron chi connectivity index (χ3n) is 3.92. The Labute approximate surface area is 126 Å². The maximum absolute atomic E-state index is 11.4. The van der Waals surface area contributed by atoms with E-state index in [0.29, 0.717) is 12.3 Å². The van der Waals surface area contributed by atoms with Crippen LogP contribution in [0.25, 0.3) is 0 Å². The molecule has 0 aliphatic carbocycles. The molecule has 0 saturated carbocycles. The van der Waals surface area contributed by atoms with Gasteiger partial charge in [0.05, 0.1) is 6.04 Å². The molecule has 1 atom stereocenters. The molecule has 0 radical (unpaired) electrons. The second kappa shape index (κ2) is 4.93. The number of hydrogen-bond donors (Lipinski definition) is 3. The number of phenolic OH excluding ortho intramolecular Hbond substituents is 1. The summed E-state index contributed by atoms with van der Waals surface area (Å²) in [5.74, 6) is 0.371. The van der Waals surface area contributed by atoms with Crippen LogP contribution in [-0.2, 0) is 10.8 Å². The van der Waals surface area contributed by atoms with Crippen LogP contribution in [0.4, 0.5) is 4.79 Å². The Morgan fingerprint density at radius 1 is 1.05 bits per heavy atom. The molecule has 0 unspecified atom stereocenters. The highest BCUT2D eigenvalue weighted by Crippen LogP contribution is 2.40. The van der Waals surface area contributed by atoms with Crippen LogP contribution in [0.3, 0.4) is 0 Å². The highest BCUT2D eigenvalue weighted by molar-refractivity contribution is 5.77. The molecule has 2 amide bonds. The molecule has 1 aliphatic heterocycles. The standard InChI is InChI=1S/C17H26N2O2/c1-16(2,3)11-7-10(13-9-18-15(21)19-13)8-12(14(11)20)17(4,5)6/h7-8,13,20H,9H2,1-6H3,(H2,18,19,21)/t13-/m1/s1. The van der Waals surface area contributed by atoms with Gasteiger partial charge in [0.15, 0.2) is 0 Å². The first-order valence-corrected chi connectivity index (χ1v) is 7.42. The zero-order valence-corrected chi connectivity index (χ0v) is 13.8. The van der Waals surface area contributed by atoms with E-state index in [1.165, 1.54) is 0 Å². The van der Waals surface area contributed by atoms with Gasteiger partial charge in [-0.1, -0.05) is 41.5 Å². The van der Waals surface area contributed by atoms with E-state index >= 15 is 0 Å². The van der Waals surface area contributed by atoms with Gasteiger partial charge in [-0.15, -0.1) is 0 Å². The second-order valence-electron chi connectivity index (χ2n) is 7.87. The van der Waals surface area contributed by atoms with Gasteiger partial charge < -0.3 is 15.7 Å². The molecular weight excluding hydrogens is 264 g/mol. The number of carbonyl (C=O) groups excluding carboxylic acids is 1. The van der Waals surface area contributed by atoms with Crippen LogP contribution in [0.2, 0.25) is 0 Å². The molecule has 116 valence electrons. The highest BCUT2D eigenvalue weighted by Gasteiger charge is 2.30. The molecule has 4 nitrogen and oxygen atoms in total. The highest BCUT2D eigenvalue weighted by atomic mass is 16.3. The smallest absolute Gasteiger partial charge is 0.315 e. The van der Waals surface area contributed by atoms with E-state index in [0.717, 1.165) is 16.7 Å². The van der Waals surface area contributed by atoms with E-state index in [2.05, 4.69) is 52.2 Å². The van der Waals surface area contributed by atoms with E-state index in [9.17, 15) is 9.90 Å². The molecule has 4 heteroatoms. The predicted molar refractivity (Wildman–Crippen MR) is 84.8 cm³/mol. The molecule has 0 aromatic heterocycles. The van der Waals surface area contributed by atoms with Gasteiger partial charge in [-0.25, -0.2) is 4.79 Å². The molecule has 3 N–H and O–H groups in total. The average molecular weight is 290 g/mol. The number of phenols is 1. The Hall–Kier alpha value is -1.71.